The Balaban J connectivity index is 2.21. The van der Waals surface area contributed by atoms with Crippen LogP contribution in [0.2, 0.25) is 0 Å². The Hall–Kier alpha value is -1.66. The summed E-state index contributed by atoms with van der Waals surface area (Å²) in [5.74, 6) is -1.19. The summed E-state index contributed by atoms with van der Waals surface area (Å²) >= 11 is 4.62. The van der Waals surface area contributed by atoms with E-state index < -0.39 is 11.4 Å². The molecule has 2 N–H and O–H groups in total. The Morgan fingerprint density at radius 2 is 1.91 bits per heavy atom. The van der Waals surface area contributed by atoms with Crippen LogP contribution in [-0.2, 0) is 10.2 Å². The summed E-state index contributed by atoms with van der Waals surface area (Å²) < 4.78 is 0.862. The third-order valence-corrected chi connectivity index (χ3v) is 5.31. The first-order valence-corrected chi connectivity index (χ1v) is 8.43. The van der Waals surface area contributed by atoms with E-state index in [-0.39, 0.29) is 12.5 Å². The lowest BCUT2D eigenvalue weighted by atomic mass is 9.78. The fourth-order valence-electron chi connectivity index (χ4n) is 2.29. The molecule has 2 aromatic rings. The molecule has 4 nitrogen and oxygen atoms in total. The van der Waals surface area contributed by atoms with Crippen molar-refractivity contribution in [2.24, 2.45) is 0 Å². The van der Waals surface area contributed by atoms with E-state index in [1.807, 2.05) is 13.0 Å². The van der Waals surface area contributed by atoms with Gasteiger partial charge in [0.05, 0.1) is 8.66 Å². The van der Waals surface area contributed by atoms with Crippen molar-refractivity contribution in [1.29, 1.82) is 0 Å². The number of carboxylic acid groups (broad SMARTS) is 1. The van der Waals surface area contributed by atoms with Crippen molar-refractivity contribution in [1.82, 2.24) is 5.32 Å². The first-order chi connectivity index (χ1) is 10.5. The monoisotopic (exact) mass is 381 g/mol. The van der Waals surface area contributed by atoms with Gasteiger partial charge in [-0.15, -0.1) is 11.3 Å². The molecule has 0 radical (unpaired) electrons. The fraction of sp³-hybridized carbons (Fsp3) is 0.250. The molecule has 1 unspecified atom stereocenters. The lowest BCUT2D eigenvalue weighted by molar-refractivity contribution is -0.143. The lowest BCUT2D eigenvalue weighted by Crippen LogP contribution is -2.46. The number of hydrogen-bond acceptors (Lipinski definition) is 3. The fourth-order valence-corrected chi connectivity index (χ4v) is 3.60. The Morgan fingerprint density at radius 3 is 2.41 bits per heavy atom. The van der Waals surface area contributed by atoms with Crippen molar-refractivity contribution in [2.45, 2.75) is 18.8 Å². The second kappa shape index (κ2) is 7.07. The zero-order valence-electron chi connectivity index (χ0n) is 12.0. The van der Waals surface area contributed by atoms with E-state index in [0.29, 0.717) is 16.9 Å². The predicted molar refractivity (Wildman–Crippen MR) is 90.4 cm³/mol. The van der Waals surface area contributed by atoms with Crippen molar-refractivity contribution in [3.8, 4) is 0 Å². The molecule has 6 heteroatoms. The number of amides is 1. The average Bonchev–Trinajstić information content (AvgIpc) is 2.95. The summed E-state index contributed by atoms with van der Waals surface area (Å²) in [5, 5.41) is 12.5. The number of carbonyl (C=O) groups is 2. The zero-order valence-corrected chi connectivity index (χ0v) is 14.4. The van der Waals surface area contributed by atoms with E-state index in [4.69, 9.17) is 0 Å². The normalized spacial score (nSPS) is 13.4. The number of thiophene rings is 1. The maximum absolute atomic E-state index is 12.2. The van der Waals surface area contributed by atoms with Crippen LogP contribution in [0.15, 0.2) is 46.3 Å². The van der Waals surface area contributed by atoms with Gasteiger partial charge in [-0.2, -0.15) is 0 Å². The molecule has 0 saturated carbocycles. The summed E-state index contributed by atoms with van der Waals surface area (Å²) in [6, 6.07) is 12.5. The number of carbonyl (C=O) groups excluding carboxylic acids is 1. The van der Waals surface area contributed by atoms with Crippen molar-refractivity contribution in [2.75, 3.05) is 6.54 Å². The molecule has 0 bridgehead atoms. The van der Waals surface area contributed by atoms with E-state index in [2.05, 4.69) is 21.2 Å². The van der Waals surface area contributed by atoms with Gasteiger partial charge in [0.15, 0.2) is 0 Å². The first kappa shape index (κ1) is 16.7. The number of benzene rings is 1. The first-order valence-electron chi connectivity index (χ1n) is 6.82. The molecule has 1 amide bonds. The van der Waals surface area contributed by atoms with E-state index in [0.717, 1.165) is 3.79 Å². The highest BCUT2D eigenvalue weighted by molar-refractivity contribution is 9.11. The Bertz CT molecular complexity index is 671. The summed E-state index contributed by atoms with van der Waals surface area (Å²) in [4.78, 5) is 24.6. The number of rotatable bonds is 6. The highest BCUT2D eigenvalue weighted by atomic mass is 79.9. The largest absolute Gasteiger partial charge is 0.481 e. The van der Waals surface area contributed by atoms with E-state index >= 15 is 0 Å². The third-order valence-electron chi connectivity index (χ3n) is 3.69. The molecular formula is C16H16BrNO3S. The molecule has 1 heterocycles. The highest BCUT2D eigenvalue weighted by Crippen LogP contribution is 2.28. The minimum Gasteiger partial charge on any atom is -0.481 e. The molecule has 0 aliphatic carbocycles. The summed E-state index contributed by atoms with van der Waals surface area (Å²) in [5.41, 5.74) is -0.427. The Kier molecular flexibility index (Phi) is 5.37. The van der Waals surface area contributed by atoms with Crippen LogP contribution in [0.5, 0.6) is 0 Å². The van der Waals surface area contributed by atoms with Crippen LogP contribution in [0.4, 0.5) is 0 Å². The molecular weight excluding hydrogens is 366 g/mol. The molecule has 0 fully saturated rings. The maximum Gasteiger partial charge on any atom is 0.315 e. The van der Waals surface area contributed by atoms with Gasteiger partial charge in [-0.25, -0.2) is 0 Å². The topological polar surface area (TPSA) is 66.4 Å². The molecule has 0 saturated heterocycles. The van der Waals surface area contributed by atoms with E-state index in [1.54, 1.807) is 36.4 Å². The maximum atomic E-state index is 12.2. The molecule has 0 spiro atoms. The van der Waals surface area contributed by atoms with Crippen LogP contribution >= 0.6 is 27.3 Å². The average molecular weight is 382 g/mol. The highest BCUT2D eigenvalue weighted by Gasteiger charge is 2.39. The minimum absolute atomic E-state index is 0.0528. The van der Waals surface area contributed by atoms with Gasteiger partial charge < -0.3 is 10.4 Å². The molecule has 1 aromatic heterocycles. The molecule has 2 rings (SSSR count). The predicted octanol–water partition coefficient (Wildman–Crippen LogP) is 3.67. The number of halogens is 1. The van der Waals surface area contributed by atoms with Crippen molar-refractivity contribution < 1.29 is 14.7 Å². The molecule has 0 aliphatic rings. The van der Waals surface area contributed by atoms with Gasteiger partial charge in [0, 0.05) is 6.54 Å². The van der Waals surface area contributed by atoms with Crippen molar-refractivity contribution >= 4 is 39.1 Å². The molecule has 0 aliphatic heterocycles. The minimum atomic E-state index is -1.12. The Labute approximate surface area is 141 Å². The van der Waals surface area contributed by atoms with Gasteiger partial charge >= 0.3 is 5.97 Å². The quantitative estimate of drug-likeness (QED) is 0.801. The standard InChI is InChI=1S/C16H16BrNO3S/c1-2-16(15(20)21,11-6-4-3-5-7-11)10-18-14(19)12-8-9-13(17)22-12/h3-9H,2,10H2,1H3,(H,18,19)(H,20,21). The third kappa shape index (κ3) is 3.39. The van der Waals surface area contributed by atoms with Gasteiger partial charge in [-0.3, -0.25) is 9.59 Å². The lowest BCUT2D eigenvalue weighted by Gasteiger charge is -2.29. The van der Waals surface area contributed by atoms with Crippen LogP contribution in [0.1, 0.15) is 28.6 Å². The molecule has 1 aromatic carbocycles. The van der Waals surface area contributed by atoms with Crippen LogP contribution in [0.25, 0.3) is 0 Å². The number of nitrogens with one attached hydrogen (secondary N) is 1. The van der Waals surface area contributed by atoms with Crippen LogP contribution in [0, 0.1) is 0 Å². The SMILES string of the molecule is CCC(CNC(=O)c1ccc(Br)s1)(C(=O)O)c1ccccc1. The Morgan fingerprint density at radius 1 is 1.23 bits per heavy atom. The zero-order chi connectivity index (χ0) is 16.2. The molecule has 116 valence electrons. The smallest absolute Gasteiger partial charge is 0.315 e. The van der Waals surface area contributed by atoms with Gasteiger partial charge in [0.25, 0.3) is 5.91 Å². The van der Waals surface area contributed by atoms with Gasteiger partial charge in [-0.1, -0.05) is 37.3 Å². The summed E-state index contributed by atoms with van der Waals surface area (Å²) in [7, 11) is 0. The second-order valence-corrected chi connectivity index (χ2v) is 7.36. The number of hydrogen-bond donors (Lipinski definition) is 2. The molecule has 1 atom stereocenters. The summed E-state index contributed by atoms with van der Waals surface area (Å²) in [6.45, 7) is 1.87. The summed E-state index contributed by atoms with van der Waals surface area (Å²) in [6.07, 6.45) is 0.390. The van der Waals surface area contributed by atoms with Crippen molar-refractivity contribution in [3.05, 3.63) is 56.7 Å². The van der Waals surface area contributed by atoms with Gasteiger partial charge in [0.1, 0.15) is 5.41 Å². The van der Waals surface area contributed by atoms with Gasteiger partial charge in [0.2, 0.25) is 0 Å². The molecule has 22 heavy (non-hydrogen) atoms. The van der Waals surface area contributed by atoms with Crippen molar-refractivity contribution in [3.63, 3.8) is 0 Å². The van der Waals surface area contributed by atoms with Crippen LogP contribution in [-0.4, -0.2) is 23.5 Å². The number of carboxylic acids is 1. The van der Waals surface area contributed by atoms with E-state index in [9.17, 15) is 14.7 Å². The van der Waals surface area contributed by atoms with Gasteiger partial charge in [-0.05, 0) is 40.0 Å². The van der Waals surface area contributed by atoms with Crippen LogP contribution < -0.4 is 5.32 Å². The van der Waals surface area contributed by atoms with E-state index in [1.165, 1.54) is 11.3 Å². The van der Waals surface area contributed by atoms with Crippen LogP contribution in [0.3, 0.4) is 0 Å². The second-order valence-electron chi connectivity index (χ2n) is 4.89. The number of aliphatic carboxylic acids is 1.